The van der Waals surface area contributed by atoms with Gasteiger partial charge < -0.3 is 11.1 Å². The number of carbonyl (C=O) groups excluding carboxylic acids is 1. The summed E-state index contributed by atoms with van der Waals surface area (Å²) in [6.45, 7) is -1.35. The Kier molecular flexibility index (Phi) is 4.20. The second-order valence-electron chi connectivity index (χ2n) is 5.68. The molecule has 3 N–H and O–H groups in total. The van der Waals surface area contributed by atoms with E-state index in [1.165, 1.54) is 32.1 Å². The van der Waals surface area contributed by atoms with Crippen LogP contribution in [0.5, 0.6) is 0 Å². The molecule has 2 aliphatic carbocycles. The van der Waals surface area contributed by atoms with E-state index in [1.54, 1.807) is 0 Å². The molecule has 0 bridgehead atoms. The number of hydrogen-bond acceptors (Lipinski definition) is 2. The maximum Gasteiger partial charge on any atom is 0.277 e. The monoisotopic (exact) mass is 260 g/mol. The van der Waals surface area contributed by atoms with Gasteiger partial charge in [0.1, 0.15) is 0 Å². The molecule has 3 nitrogen and oxygen atoms in total. The molecule has 2 aliphatic rings. The molecule has 0 aromatic carbocycles. The largest absolute Gasteiger partial charge is 0.350 e. The maximum atomic E-state index is 12.9. The van der Waals surface area contributed by atoms with Crippen LogP contribution in [0.4, 0.5) is 8.78 Å². The molecular formula is C13H22F2N2O. The Bertz CT molecular complexity index is 303. The molecule has 2 unspecified atom stereocenters. The highest BCUT2D eigenvalue weighted by Crippen LogP contribution is 2.49. The molecule has 0 aromatic rings. The summed E-state index contributed by atoms with van der Waals surface area (Å²) in [5, 5.41) is 2.34. The van der Waals surface area contributed by atoms with Crippen molar-refractivity contribution < 1.29 is 13.6 Å². The Morgan fingerprint density at radius 1 is 1.28 bits per heavy atom. The van der Waals surface area contributed by atoms with Gasteiger partial charge in [0.05, 0.1) is 13.1 Å². The summed E-state index contributed by atoms with van der Waals surface area (Å²) in [6, 6.07) is 0. The van der Waals surface area contributed by atoms with Gasteiger partial charge in [-0.3, -0.25) is 4.79 Å². The van der Waals surface area contributed by atoms with Crippen LogP contribution in [-0.2, 0) is 4.79 Å². The van der Waals surface area contributed by atoms with E-state index < -0.39 is 19.0 Å². The zero-order chi connectivity index (χ0) is 13.2. The van der Waals surface area contributed by atoms with Gasteiger partial charge in [-0.05, 0) is 18.3 Å². The number of amides is 1. The number of rotatable bonds is 5. The first-order chi connectivity index (χ1) is 8.53. The van der Waals surface area contributed by atoms with Crippen LogP contribution >= 0.6 is 0 Å². The number of hydrogen-bond donors (Lipinski definition) is 2. The summed E-state index contributed by atoms with van der Waals surface area (Å²) >= 11 is 0. The molecule has 5 heteroatoms. The van der Waals surface area contributed by atoms with Crippen molar-refractivity contribution in [1.29, 1.82) is 0 Å². The first kappa shape index (κ1) is 13.7. The van der Waals surface area contributed by atoms with E-state index in [1.807, 2.05) is 0 Å². The molecule has 104 valence electrons. The van der Waals surface area contributed by atoms with Gasteiger partial charge in [-0.15, -0.1) is 0 Å². The molecule has 0 radical (unpaired) electrons. The fourth-order valence-corrected chi connectivity index (χ4v) is 3.02. The highest BCUT2D eigenvalue weighted by Gasteiger charge is 2.47. The SMILES string of the molecule is NCC(F)(F)CNC(=O)C1CC1C1CCCCC1. The molecule has 2 rings (SSSR count). The second kappa shape index (κ2) is 5.51. The summed E-state index contributed by atoms with van der Waals surface area (Å²) in [6.07, 6.45) is 7.08. The van der Waals surface area contributed by atoms with Gasteiger partial charge >= 0.3 is 0 Å². The Hall–Kier alpha value is -0.710. The summed E-state index contributed by atoms with van der Waals surface area (Å²) in [5.74, 6) is -2.13. The first-order valence-electron chi connectivity index (χ1n) is 6.89. The first-order valence-corrected chi connectivity index (χ1v) is 6.89. The molecule has 2 saturated carbocycles. The van der Waals surface area contributed by atoms with Gasteiger partial charge in [-0.2, -0.15) is 0 Å². The van der Waals surface area contributed by atoms with Gasteiger partial charge in [-0.25, -0.2) is 8.78 Å². The Morgan fingerprint density at radius 3 is 2.56 bits per heavy atom. The topological polar surface area (TPSA) is 55.1 Å². The third kappa shape index (κ3) is 3.40. The zero-order valence-corrected chi connectivity index (χ0v) is 10.6. The van der Waals surface area contributed by atoms with Gasteiger partial charge in [0.25, 0.3) is 5.92 Å². The lowest BCUT2D eigenvalue weighted by atomic mass is 9.85. The summed E-state index contributed by atoms with van der Waals surface area (Å²) in [7, 11) is 0. The number of halogens is 2. The van der Waals surface area contributed by atoms with Gasteiger partial charge in [-0.1, -0.05) is 32.1 Å². The highest BCUT2D eigenvalue weighted by molar-refractivity contribution is 5.81. The minimum absolute atomic E-state index is 0.0262. The van der Waals surface area contributed by atoms with Crippen molar-refractivity contribution in [3.63, 3.8) is 0 Å². The third-order valence-corrected chi connectivity index (χ3v) is 4.25. The van der Waals surface area contributed by atoms with Gasteiger partial charge in [0.15, 0.2) is 0 Å². The minimum atomic E-state index is -2.98. The van der Waals surface area contributed by atoms with Crippen LogP contribution in [0.15, 0.2) is 0 Å². The smallest absolute Gasteiger partial charge is 0.277 e. The Morgan fingerprint density at radius 2 is 1.94 bits per heavy atom. The van der Waals surface area contributed by atoms with E-state index in [0.29, 0.717) is 11.8 Å². The molecule has 1 amide bonds. The van der Waals surface area contributed by atoms with E-state index in [4.69, 9.17) is 5.73 Å². The van der Waals surface area contributed by atoms with Crippen molar-refractivity contribution in [3.8, 4) is 0 Å². The number of alkyl halides is 2. The summed E-state index contributed by atoms with van der Waals surface area (Å²) in [4.78, 5) is 11.7. The van der Waals surface area contributed by atoms with Crippen LogP contribution < -0.4 is 11.1 Å². The predicted octanol–water partition coefficient (Wildman–Crippen LogP) is 1.91. The van der Waals surface area contributed by atoms with Crippen LogP contribution in [0.1, 0.15) is 38.5 Å². The fraction of sp³-hybridized carbons (Fsp3) is 0.923. The van der Waals surface area contributed by atoms with Crippen molar-refractivity contribution in [2.24, 2.45) is 23.5 Å². The van der Waals surface area contributed by atoms with Crippen molar-refractivity contribution in [2.45, 2.75) is 44.4 Å². The van der Waals surface area contributed by atoms with E-state index in [0.717, 1.165) is 6.42 Å². The molecule has 18 heavy (non-hydrogen) atoms. The van der Waals surface area contributed by atoms with Crippen molar-refractivity contribution >= 4 is 5.91 Å². The van der Waals surface area contributed by atoms with E-state index in [2.05, 4.69) is 5.32 Å². The average Bonchev–Trinajstić information content (AvgIpc) is 3.17. The predicted molar refractivity (Wildman–Crippen MR) is 65.2 cm³/mol. The molecular weight excluding hydrogens is 238 g/mol. The summed E-state index contributed by atoms with van der Waals surface area (Å²) < 4.78 is 25.8. The van der Waals surface area contributed by atoms with Crippen LogP contribution in [-0.4, -0.2) is 24.9 Å². The number of nitrogens with two attached hydrogens (primary N) is 1. The molecule has 2 fully saturated rings. The van der Waals surface area contributed by atoms with E-state index in [9.17, 15) is 13.6 Å². The molecule has 0 spiro atoms. The number of nitrogens with one attached hydrogen (secondary N) is 1. The minimum Gasteiger partial charge on any atom is -0.350 e. The third-order valence-electron chi connectivity index (χ3n) is 4.25. The van der Waals surface area contributed by atoms with Crippen LogP contribution in [0.3, 0.4) is 0 Å². The van der Waals surface area contributed by atoms with Gasteiger partial charge in [0, 0.05) is 5.92 Å². The molecule has 2 atom stereocenters. The lowest BCUT2D eigenvalue weighted by Gasteiger charge is -2.21. The Labute approximate surface area is 106 Å². The van der Waals surface area contributed by atoms with Crippen molar-refractivity contribution in [2.75, 3.05) is 13.1 Å². The van der Waals surface area contributed by atoms with Crippen molar-refractivity contribution in [3.05, 3.63) is 0 Å². The van der Waals surface area contributed by atoms with Gasteiger partial charge in [0.2, 0.25) is 5.91 Å². The molecule has 0 aromatic heterocycles. The quantitative estimate of drug-likeness (QED) is 0.793. The molecule has 0 aliphatic heterocycles. The van der Waals surface area contributed by atoms with E-state index in [-0.39, 0.29) is 11.8 Å². The van der Waals surface area contributed by atoms with Crippen LogP contribution in [0, 0.1) is 17.8 Å². The van der Waals surface area contributed by atoms with Crippen LogP contribution in [0.25, 0.3) is 0 Å². The normalized spacial score (nSPS) is 29.1. The Balaban J connectivity index is 1.72. The average molecular weight is 260 g/mol. The highest BCUT2D eigenvalue weighted by atomic mass is 19.3. The second-order valence-corrected chi connectivity index (χ2v) is 5.68. The molecule has 0 heterocycles. The van der Waals surface area contributed by atoms with E-state index >= 15 is 0 Å². The van der Waals surface area contributed by atoms with Crippen LogP contribution in [0.2, 0.25) is 0 Å². The lowest BCUT2D eigenvalue weighted by molar-refractivity contribution is -0.124. The lowest BCUT2D eigenvalue weighted by Crippen LogP contribution is -2.42. The fourth-order valence-electron chi connectivity index (χ4n) is 3.02. The molecule has 0 saturated heterocycles. The maximum absolute atomic E-state index is 12.9. The number of carbonyl (C=O) groups is 1. The zero-order valence-electron chi connectivity index (χ0n) is 10.6. The van der Waals surface area contributed by atoms with Crippen molar-refractivity contribution in [1.82, 2.24) is 5.32 Å². The standard InChI is InChI=1S/C13H22F2N2O/c14-13(15,7-16)8-17-12(18)11-6-10(11)9-4-2-1-3-5-9/h9-11H,1-8,16H2,(H,17,18). The summed E-state index contributed by atoms with van der Waals surface area (Å²) in [5.41, 5.74) is 4.93.